The second kappa shape index (κ2) is 8.54. The van der Waals surface area contributed by atoms with Crippen LogP contribution in [0, 0.1) is 13.8 Å². The van der Waals surface area contributed by atoms with Crippen molar-refractivity contribution in [2.45, 2.75) is 23.9 Å². The van der Waals surface area contributed by atoms with Crippen LogP contribution < -0.4 is 9.74 Å². The summed E-state index contributed by atoms with van der Waals surface area (Å²) < 4.78 is 6.93. The van der Waals surface area contributed by atoms with Gasteiger partial charge in [0.05, 0.1) is 56.9 Å². The summed E-state index contributed by atoms with van der Waals surface area (Å²) in [6.07, 6.45) is 0. The third-order valence-corrected chi connectivity index (χ3v) is 5.58. The lowest BCUT2D eigenvalue weighted by atomic mass is 9.40. The second-order valence-corrected chi connectivity index (χ2v) is 8.06. The van der Waals surface area contributed by atoms with Crippen LogP contribution in [0.1, 0.15) is 17.0 Å². The molecule has 0 atom stereocenters. The minimum atomic E-state index is -1.99. The predicted molar refractivity (Wildman–Crippen MR) is 121 cm³/mol. The van der Waals surface area contributed by atoms with Gasteiger partial charge in [-0.3, -0.25) is 9.36 Å². The minimum absolute atomic E-state index is 0.0695. The molecule has 0 fully saturated rings. The molecule has 0 aliphatic carbocycles. The third-order valence-electron chi connectivity index (χ3n) is 4.06. The van der Waals surface area contributed by atoms with Crippen LogP contribution in [0.25, 0.3) is 5.69 Å². The fraction of sp³-hybridized carbons (Fsp3) is 0.158. The van der Waals surface area contributed by atoms with Crippen molar-refractivity contribution in [3.8, 4) is 11.6 Å². The molecule has 6 radical (unpaired) electrons. The zero-order valence-corrected chi connectivity index (χ0v) is 18.0. The molecule has 0 bridgehead atoms. The smallest absolute Gasteiger partial charge is 0.263 e. The van der Waals surface area contributed by atoms with E-state index in [1.807, 2.05) is 31.2 Å². The van der Waals surface area contributed by atoms with Gasteiger partial charge in [-0.25, -0.2) is 0 Å². The summed E-state index contributed by atoms with van der Waals surface area (Å²) in [6, 6.07) is 12.5. The van der Waals surface area contributed by atoms with Crippen molar-refractivity contribution in [1.29, 1.82) is 0 Å². The minimum Gasteiger partial charge on any atom is -0.400 e. The molecule has 1 heterocycles. The molecule has 0 unspecified atom stereocenters. The van der Waals surface area contributed by atoms with Crippen LogP contribution in [0.15, 0.2) is 52.2 Å². The fourth-order valence-electron chi connectivity index (χ4n) is 2.66. The van der Waals surface area contributed by atoms with Gasteiger partial charge in [-0.05, 0) is 38.1 Å². The summed E-state index contributed by atoms with van der Waals surface area (Å²) in [6.45, 7) is 3.60. The summed E-state index contributed by atoms with van der Waals surface area (Å²) >= 11 is 13.4. The van der Waals surface area contributed by atoms with Gasteiger partial charge in [0, 0.05) is 4.90 Å². The van der Waals surface area contributed by atoms with Gasteiger partial charge in [0.1, 0.15) is 5.82 Å². The zero-order valence-electron chi connectivity index (χ0n) is 15.6. The molecule has 2 aromatic carbocycles. The molecule has 0 spiro atoms. The average molecular weight is 437 g/mol. The highest BCUT2D eigenvalue weighted by Gasteiger charge is 2.27. The molecule has 140 valence electrons. The molecule has 0 saturated heterocycles. The van der Waals surface area contributed by atoms with E-state index in [2.05, 4.69) is 4.98 Å². The molecule has 3 rings (SSSR count). The average Bonchev–Trinajstić information content (AvgIpc) is 2.63. The normalized spacial score (nSPS) is 11.4. The third kappa shape index (κ3) is 4.71. The van der Waals surface area contributed by atoms with Gasteiger partial charge >= 0.3 is 0 Å². The van der Waals surface area contributed by atoms with Gasteiger partial charge in [-0.15, -0.1) is 0 Å². The molecular weight excluding hydrogens is 424 g/mol. The van der Waals surface area contributed by atoms with E-state index in [1.54, 1.807) is 25.1 Å². The predicted octanol–water partition coefficient (Wildman–Crippen LogP) is 3.86. The molecule has 0 N–H and O–H groups in total. The first-order chi connectivity index (χ1) is 13.6. The maximum absolute atomic E-state index is 13.3. The van der Waals surface area contributed by atoms with Gasteiger partial charge in [0.2, 0.25) is 5.88 Å². The zero-order chi connectivity index (χ0) is 21.3. The van der Waals surface area contributed by atoms with E-state index in [0.29, 0.717) is 11.5 Å². The number of hydrogen-bond donors (Lipinski definition) is 0. The van der Waals surface area contributed by atoms with Crippen molar-refractivity contribution in [1.82, 2.24) is 9.55 Å². The summed E-state index contributed by atoms with van der Waals surface area (Å²) in [5.41, 5.74) is 0.639. The Morgan fingerprint density at radius 3 is 2.34 bits per heavy atom. The van der Waals surface area contributed by atoms with Crippen molar-refractivity contribution in [2.75, 3.05) is 0 Å². The van der Waals surface area contributed by atoms with Crippen LogP contribution in [0.3, 0.4) is 0 Å². The lowest BCUT2D eigenvalue weighted by Gasteiger charge is -2.24. The Morgan fingerprint density at radius 1 is 1.07 bits per heavy atom. The number of aromatic nitrogens is 2. The largest absolute Gasteiger partial charge is 0.400 e. The topological polar surface area (TPSA) is 44.1 Å². The van der Waals surface area contributed by atoms with E-state index in [4.69, 9.17) is 50.9 Å². The van der Waals surface area contributed by atoms with E-state index >= 15 is 0 Å². The molecule has 0 aliphatic heterocycles. The van der Waals surface area contributed by atoms with Crippen LogP contribution in [-0.4, -0.2) is 33.1 Å². The van der Waals surface area contributed by atoms with E-state index in [-0.39, 0.29) is 21.5 Å². The molecule has 10 heteroatoms. The molecule has 3 aromatic rings. The standard InChI is InChI=1S/C19H13B3Cl2N2O2S/c1-10-6-8-12(9-7-10)29-28-17-15(19(20,21)22)18(27)26(11(2)25-17)14-5-3-4-13(23)16(14)24/h3-9H,1-2H3. The quantitative estimate of drug-likeness (QED) is 0.450. The Labute approximate surface area is 187 Å². The van der Waals surface area contributed by atoms with E-state index < -0.39 is 10.7 Å². The highest BCUT2D eigenvalue weighted by Crippen LogP contribution is 2.31. The van der Waals surface area contributed by atoms with Crippen molar-refractivity contribution in [2.24, 2.45) is 0 Å². The Balaban J connectivity index is 2.12. The first-order valence-corrected chi connectivity index (χ1v) is 9.95. The van der Waals surface area contributed by atoms with Crippen LogP contribution in [0.2, 0.25) is 10.0 Å². The molecular formula is C19H13B3Cl2N2O2S. The number of nitrogens with zero attached hydrogens (tertiary/aromatic N) is 2. The number of hydrogen-bond acceptors (Lipinski definition) is 4. The van der Waals surface area contributed by atoms with Gasteiger partial charge in [0.15, 0.2) is 0 Å². The Morgan fingerprint density at radius 2 is 1.72 bits per heavy atom. The van der Waals surface area contributed by atoms with Crippen LogP contribution in [0.4, 0.5) is 0 Å². The maximum atomic E-state index is 13.3. The van der Waals surface area contributed by atoms with E-state index in [0.717, 1.165) is 22.5 Å². The summed E-state index contributed by atoms with van der Waals surface area (Å²) in [7, 11) is 17.6. The molecule has 0 saturated carbocycles. The van der Waals surface area contributed by atoms with E-state index in [1.165, 1.54) is 4.57 Å². The first kappa shape index (κ1) is 21.9. The van der Waals surface area contributed by atoms with Crippen LogP contribution in [-0.2, 0) is 5.11 Å². The summed E-state index contributed by atoms with van der Waals surface area (Å²) in [5.74, 6) is 0.228. The van der Waals surface area contributed by atoms with Gasteiger partial charge < -0.3 is 4.18 Å². The van der Waals surface area contributed by atoms with Gasteiger partial charge in [0.25, 0.3) is 5.56 Å². The highest BCUT2D eigenvalue weighted by molar-refractivity contribution is 7.95. The van der Waals surface area contributed by atoms with Crippen LogP contribution >= 0.6 is 35.2 Å². The number of aryl methyl sites for hydroxylation is 2. The fourth-order valence-corrected chi connectivity index (χ4v) is 3.59. The molecule has 1 aromatic heterocycles. The molecule has 29 heavy (non-hydrogen) atoms. The van der Waals surface area contributed by atoms with E-state index in [9.17, 15) is 4.79 Å². The lowest BCUT2D eigenvalue weighted by Crippen LogP contribution is -2.39. The Hall–Kier alpha value is -1.76. The summed E-state index contributed by atoms with van der Waals surface area (Å²) in [4.78, 5) is 18.4. The van der Waals surface area contributed by atoms with Gasteiger partial charge in [-0.2, -0.15) is 4.98 Å². The number of benzene rings is 2. The van der Waals surface area contributed by atoms with Crippen LogP contribution in [0.5, 0.6) is 5.88 Å². The molecule has 0 aliphatic rings. The van der Waals surface area contributed by atoms with Crippen molar-refractivity contribution >= 4 is 58.8 Å². The van der Waals surface area contributed by atoms with Crippen molar-refractivity contribution < 1.29 is 4.18 Å². The Bertz CT molecular complexity index is 1120. The Kier molecular flexibility index (Phi) is 6.46. The highest BCUT2D eigenvalue weighted by atomic mass is 35.5. The first-order valence-electron chi connectivity index (χ1n) is 8.46. The van der Waals surface area contributed by atoms with Crippen molar-refractivity contribution in [3.05, 3.63) is 79.8 Å². The van der Waals surface area contributed by atoms with Gasteiger partial charge in [-0.1, -0.05) is 52.1 Å². The SMILES string of the molecule is [B]C([B])([B])c1c(OSc2ccc(C)cc2)nc(C)n(-c2cccc(Cl)c2Cl)c1=O. The molecule has 0 amide bonds. The summed E-state index contributed by atoms with van der Waals surface area (Å²) in [5, 5.41) is -1.52. The molecule has 4 nitrogen and oxygen atoms in total. The monoisotopic (exact) mass is 436 g/mol. The van der Waals surface area contributed by atoms with Crippen molar-refractivity contribution in [3.63, 3.8) is 0 Å². The second-order valence-electron chi connectivity index (χ2n) is 6.47. The number of halogens is 2. The maximum Gasteiger partial charge on any atom is 0.263 e. The number of rotatable bonds is 5. The lowest BCUT2D eigenvalue weighted by molar-refractivity contribution is 0.587.